The fourth-order valence-corrected chi connectivity index (χ4v) is 2.62. The SMILES string of the molecule is CCOCc1nc(N)cc(N2CCSCC2)n1. The van der Waals surface area contributed by atoms with Gasteiger partial charge in [0.1, 0.15) is 18.2 Å². The lowest BCUT2D eigenvalue weighted by atomic mass is 10.4. The molecule has 1 aromatic rings. The third-order valence-corrected chi connectivity index (χ3v) is 3.49. The predicted octanol–water partition coefficient (Wildman–Crippen LogP) is 1.15. The van der Waals surface area contributed by atoms with E-state index in [1.54, 1.807) is 0 Å². The van der Waals surface area contributed by atoms with Crippen LogP contribution < -0.4 is 10.6 Å². The number of rotatable bonds is 4. The first-order valence-corrected chi connectivity index (χ1v) is 6.99. The van der Waals surface area contributed by atoms with Crippen molar-refractivity contribution in [1.29, 1.82) is 0 Å². The first-order valence-electron chi connectivity index (χ1n) is 5.83. The van der Waals surface area contributed by atoms with Gasteiger partial charge in [-0.3, -0.25) is 0 Å². The van der Waals surface area contributed by atoms with Crippen LogP contribution >= 0.6 is 11.8 Å². The molecule has 1 aliphatic rings. The molecule has 1 fully saturated rings. The molecule has 0 unspecified atom stereocenters. The van der Waals surface area contributed by atoms with E-state index in [2.05, 4.69) is 14.9 Å². The smallest absolute Gasteiger partial charge is 0.158 e. The van der Waals surface area contributed by atoms with Gasteiger partial charge in [-0.05, 0) is 6.92 Å². The Morgan fingerprint density at radius 3 is 2.88 bits per heavy atom. The second-order valence-corrected chi connectivity index (χ2v) is 5.03. The van der Waals surface area contributed by atoms with Gasteiger partial charge in [0, 0.05) is 37.3 Å². The standard InChI is InChI=1S/C11H18N4OS/c1-2-16-8-10-13-9(12)7-11(14-10)15-3-5-17-6-4-15/h7H,2-6,8H2,1H3,(H2,12,13,14). The molecule has 1 aromatic heterocycles. The largest absolute Gasteiger partial charge is 0.384 e. The van der Waals surface area contributed by atoms with Crippen LogP contribution in [0, 0.1) is 0 Å². The summed E-state index contributed by atoms with van der Waals surface area (Å²) in [5, 5.41) is 0. The lowest BCUT2D eigenvalue weighted by Crippen LogP contribution is -2.33. The minimum atomic E-state index is 0.428. The highest BCUT2D eigenvalue weighted by molar-refractivity contribution is 7.99. The monoisotopic (exact) mass is 254 g/mol. The van der Waals surface area contributed by atoms with Gasteiger partial charge in [-0.1, -0.05) is 0 Å². The molecule has 2 heterocycles. The van der Waals surface area contributed by atoms with Gasteiger partial charge in [0.05, 0.1) is 0 Å². The van der Waals surface area contributed by atoms with Crippen molar-refractivity contribution in [2.24, 2.45) is 0 Å². The summed E-state index contributed by atoms with van der Waals surface area (Å²) in [7, 11) is 0. The molecule has 0 bridgehead atoms. The third kappa shape index (κ3) is 3.47. The number of anilines is 2. The minimum Gasteiger partial charge on any atom is -0.384 e. The van der Waals surface area contributed by atoms with E-state index in [0.29, 0.717) is 24.9 Å². The Bertz CT molecular complexity index is 368. The van der Waals surface area contributed by atoms with Gasteiger partial charge in [-0.25, -0.2) is 9.97 Å². The molecule has 0 saturated carbocycles. The summed E-state index contributed by atoms with van der Waals surface area (Å²) < 4.78 is 5.31. The summed E-state index contributed by atoms with van der Waals surface area (Å²) in [5.74, 6) is 4.39. The molecule has 0 spiro atoms. The van der Waals surface area contributed by atoms with Gasteiger partial charge in [-0.2, -0.15) is 11.8 Å². The molecule has 6 heteroatoms. The number of nitrogens with zero attached hydrogens (tertiary/aromatic N) is 3. The lowest BCUT2D eigenvalue weighted by Gasteiger charge is -2.27. The van der Waals surface area contributed by atoms with Crippen molar-refractivity contribution >= 4 is 23.4 Å². The number of hydrogen-bond donors (Lipinski definition) is 1. The Hall–Kier alpha value is -1.01. The molecular weight excluding hydrogens is 236 g/mol. The van der Waals surface area contributed by atoms with E-state index < -0.39 is 0 Å². The predicted molar refractivity (Wildman–Crippen MR) is 71.3 cm³/mol. The molecule has 5 nitrogen and oxygen atoms in total. The van der Waals surface area contributed by atoms with Gasteiger partial charge in [0.15, 0.2) is 5.82 Å². The van der Waals surface area contributed by atoms with Crippen LogP contribution in [0.25, 0.3) is 0 Å². The first kappa shape index (κ1) is 12.4. The zero-order valence-electron chi connectivity index (χ0n) is 10.1. The van der Waals surface area contributed by atoms with Crippen LogP contribution in [0.5, 0.6) is 0 Å². The highest BCUT2D eigenvalue weighted by Gasteiger charge is 2.14. The lowest BCUT2D eigenvalue weighted by molar-refractivity contribution is 0.128. The molecule has 0 amide bonds. The average molecular weight is 254 g/mol. The molecule has 0 aliphatic carbocycles. The summed E-state index contributed by atoms with van der Waals surface area (Å²) in [5.41, 5.74) is 5.80. The maximum absolute atomic E-state index is 5.80. The van der Waals surface area contributed by atoms with Crippen LogP contribution in [0.15, 0.2) is 6.07 Å². The van der Waals surface area contributed by atoms with Crippen molar-refractivity contribution in [3.05, 3.63) is 11.9 Å². The van der Waals surface area contributed by atoms with Crippen molar-refractivity contribution in [3.63, 3.8) is 0 Å². The van der Waals surface area contributed by atoms with E-state index in [1.165, 1.54) is 0 Å². The second-order valence-electron chi connectivity index (χ2n) is 3.80. The number of nitrogen functional groups attached to an aromatic ring is 1. The zero-order chi connectivity index (χ0) is 12.1. The second kappa shape index (κ2) is 6.07. The number of aromatic nitrogens is 2. The van der Waals surface area contributed by atoms with E-state index in [-0.39, 0.29) is 0 Å². The van der Waals surface area contributed by atoms with Gasteiger partial charge in [0.25, 0.3) is 0 Å². The Morgan fingerprint density at radius 2 is 2.18 bits per heavy atom. The van der Waals surface area contributed by atoms with Gasteiger partial charge in [-0.15, -0.1) is 0 Å². The normalized spacial score (nSPS) is 16.2. The molecule has 0 aromatic carbocycles. The number of thioether (sulfide) groups is 1. The molecule has 2 rings (SSSR count). The number of ether oxygens (including phenoxy) is 1. The summed E-state index contributed by atoms with van der Waals surface area (Å²) in [6.07, 6.45) is 0. The van der Waals surface area contributed by atoms with Crippen molar-refractivity contribution in [2.45, 2.75) is 13.5 Å². The molecule has 1 saturated heterocycles. The number of hydrogen-bond acceptors (Lipinski definition) is 6. The Labute approximate surface area is 106 Å². The van der Waals surface area contributed by atoms with E-state index >= 15 is 0 Å². The van der Waals surface area contributed by atoms with E-state index in [4.69, 9.17) is 10.5 Å². The Kier molecular flexibility index (Phi) is 4.44. The summed E-state index contributed by atoms with van der Waals surface area (Å²) in [4.78, 5) is 10.9. The maximum atomic E-state index is 5.80. The Balaban J connectivity index is 2.12. The molecule has 17 heavy (non-hydrogen) atoms. The molecule has 1 aliphatic heterocycles. The summed E-state index contributed by atoms with van der Waals surface area (Å²) in [6.45, 7) is 5.09. The van der Waals surface area contributed by atoms with E-state index in [0.717, 1.165) is 30.4 Å². The van der Waals surface area contributed by atoms with Crippen molar-refractivity contribution < 1.29 is 4.74 Å². The minimum absolute atomic E-state index is 0.428. The van der Waals surface area contributed by atoms with E-state index in [9.17, 15) is 0 Å². The fraction of sp³-hybridized carbons (Fsp3) is 0.636. The van der Waals surface area contributed by atoms with Crippen LogP contribution in [0.2, 0.25) is 0 Å². The zero-order valence-corrected chi connectivity index (χ0v) is 10.9. The van der Waals surface area contributed by atoms with Crippen LogP contribution in [-0.4, -0.2) is 41.2 Å². The quantitative estimate of drug-likeness (QED) is 0.869. The van der Waals surface area contributed by atoms with Crippen molar-refractivity contribution in [2.75, 3.05) is 41.8 Å². The van der Waals surface area contributed by atoms with Crippen LogP contribution in [0.1, 0.15) is 12.7 Å². The fourth-order valence-electron chi connectivity index (χ4n) is 1.72. The topological polar surface area (TPSA) is 64.3 Å². The highest BCUT2D eigenvalue weighted by Crippen LogP contribution is 2.19. The summed E-state index contributed by atoms with van der Waals surface area (Å²) >= 11 is 1.97. The highest BCUT2D eigenvalue weighted by atomic mass is 32.2. The molecule has 2 N–H and O–H groups in total. The average Bonchev–Trinajstić information content (AvgIpc) is 2.37. The maximum Gasteiger partial charge on any atom is 0.158 e. The molecular formula is C11H18N4OS. The molecule has 0 atom stereocenters. The Morgan fingerprint density at radius 1 is 1.41 bits per heavy atom. The van der Waals surface area contributed by atoms with Crippen LogP contribution in [0.3, 0.4) is 0 Å². The molecule has 94 valence electrons. The van der Waals surface area contributed by atoms with Crippen LogP contribution in [0.4, 0.5) is 11.6 Å². The third-order valence-electron chi connectivity index (χ3n) is 2.55. The van der Waals surface area contributed by atoms with Crippen molar-refractivity contribution in [1.82, 2.24) is 9.97 Å². The first-order chi connectivity index (χ1) is 8.29. The molecule has 0 radical (unpaired) electrons. The van der Waals surface area contributed by atoms with E-state index in [1.807, 2.05) is 24.8 Å². The van der Waals surface area contributed by atoms with Gasteiger partial charge >= 0.3 is 0 Å². The van der Waals surface area contributed by atoms with Crippen LogP contribution in [-0.2, 0) is 11.3 Å². The number of nitrogens with two attached hydrogens (primary N) is 1. The van der Waals surface area contributed by atoms with Gasteiger partial charge < -0.3 is 15.4 Å². The summed E-state index contributed by atoms with van der Waals surface area (Å²) in [6, 6.07) is 1.84. The van der Waals surface area contributed by atoms with Gasteiger partial charge in [0.2, 0.25) is 0 Å². The van der Waals surface area contributed by atoms with Crippen molar-refractivity contribution in [3.8, 4) is 0 Å².